The molecule has 1 aliphatic rings. The van der Waals surface area contributed by atoms with E-state index in [4.69, 9.17) is 4.74 Å². The van der Waals surface area contributed by atoms with Crippen LogP contribution in [-0.2, 0) is 21.2 Å². The Morgan fingerprint density at radius 3 is 2.70 bits per heavy atom. The number of sulfonamides is 1. The molecule has 0 spiro atoms. The maximum Gasteiger partial charge on any atom is 0.216 e. The number of halogens is 1. The number of benzene rings is 1. The van der Waals surface area contributed by atoms with Crippen molar-refractivity contribution in [3.63, 3.8) is 0 Å². The zero-order chi connectivity index (χ0) is 14.6. The predicted molar refractivity (Wildman–Crippen MR) is 75.5 cm³/mol. The summed E-state index contributed by atoms with van der Waals surface area (Å²) in [5.41, 5.74) is 0.963. The van der Waals surface area contributed by atoms with E-state index in [0.29, 0.717) is 13.0 Å². The van der Waals surface area contributed by atoms with Crippen LogP contribution in [0.2, 0.25) is 0 Å². The van der Waals surface area contributed by atoms with Crippen molar-refractivity contribution in [3.8, 4) is 0 Å². The first-order valence-electron chi connectivity index (χ1n) is 6.76. The van der Waals surface area contributed by atoms with Crippen molar-refractivity contribution < 1.29 is 17.5 Å². The van der Waals surface area contributed by atoms with Crippen molar-refractivity contribution in [2.75, 3.05) is 26.0 Å². The molecule has 6 heteroatoms. The Bertz CT molecular complexity index is 530. The molecule has 0 aromatic heterocycles. The highest BCUT2D eigenvalue weighted by Crippen LogP contribution is 2.24. The summed E-state index contributed by atoms with van der Waals surface area (Å²) in [5.74, 6) is -0.256. The summed E-state index contributed by atoms with van der Waals surface area (Å²) < 4.78 is 43.8. The minimum absolute atomic E-state index is 0.0173. The Balaban J connectivity index is 2.05. The summed E-state index contributed by atoms with van der Waals surface area (Å²) >= 11 is 0. The molecule has 4 nitrogen and oxygen atoms in total. The van der Waals surface area contributed by atoms with Crippen LogP contribution >= 0.6 is 0 Å². The smallest absolute Gasteiger partial charge is 0.216 e. The van der Waals surface area contributed by atoms with Gasteiger partial charge >= 0.3 is 0 Å². The van der Waals surface area contributed by atoms with Crippen molar-refractivity contribution in [2.24, 2.45) is 0 Å². The topological polar surface area (TPSA) is 46.6 Å². The molecule has 1 aliphatic heterocycles. The number of methoxy groups -OCH3 is 1. The molecule has 1 fully saturated rings. The molecule has 2 rings (SSSR count). The normalized spacial score (nSPS) is 20.4. The van der Waals surface area contributed by atoms with Gasteiger partial charge in [0.15, 0.2) is 0 Å². The van der Waals surface area contributed by atoms with E-state index in [-0.39, 0.29) is 24.2 Å². The molecule has 0 bridgehead atoms. The summed E-state index contributed by atoms with van der Waals surface area (Å²) in [6.07, 6.45) is 2.36. The Hall–Kier alpha value is -0.980. The van der Waals surface area contributed by atoms with E-state index in [2.05, 4.69) is 0 Å². The number of rotatable bonds is 6. The zero-order valence-electron chi connectivity index (χ0n) is 11.6. The Morgan fingerprint density at radius 2 is 2.05 bits per heavy atom. The molecule has 0 N–H and O–H groups in total. The number of ether oxygens (including phenoxy) is 1. The second kappa shape index (κ2) is 6.65. The van der Waals surface area contributed by atoms with Crippen molar-refractivity contribution in [1.82, 2.24) is 4.31 Å². The van der Waals surface area contributed by atoms with Gasteiger partial charge in [-0.25, -0.2) is 12.8 Å². The van der Waals surface area contributed by atoms with Crippen LogP contribution in [0.1, 0.15) is 18.4 Å². The van der Waals surface area contributed by atoms with E-state index in [1.54, 1.807) is 16.4 Å². The van der Waals surface area contributed by atoms with Crippen molar-refractivity contribution in [3.05, 3.63) is 35.6 Å². The van der Waals surface area contributed by atoms with Crippen LogP contribution in [0.4, 0.5) is 4.39 Å². The van der Waals surface area contributed by atoms with Crippen molar-refractivity contribution in [1.29, 1.82) is 0 Å². The van der Waals surface area contributed by atoms with Gasteiger partial charge in [-0.05, 0) is 37.0 Å². The summed E-state index contributed by atoms with van der Waals surface area (Å²) in [6, 6.07) is 6.23. The maximum atomic E-state index is 12.9. The first-order chi connectivity index (χ1) is 9.53. The van der Waals surface area contributed by atoms with Gasteiger partial charge in [0, 0.05) is 19.7 Å². The molecule has 112 valence electrons. The Labute approximate surface area is 119 Å². The van der Waals surface area contributed by atoms with Gasteiger partial charge in [-0.1, -0.05) is 12.1 Å². The molecular weight excluding hydrogens is 281 g/mol. The van der Waals surface area contributed by atoms with Gasteiger partial charge in [-0.15, -0.1) is 0 Å². The molecule has 0 amide bonds. The van der Waals surface area contributed by atoms with E-state index in [0.717, 1.165) is 18.4 Å². The molecular formula is C14H20FNO3S. The lowest BCUT2D eigenvalue weighted by atomic mass is 10.0. The summed E-state index contributed by atoms with van der Waals surface area (Å²) in [5, 5.41) is 0. The minimum Gasteiger partial charge on any atom is -0.384 e. The van der Waals surface area contributed by atoms with Gasteiger partial charge in [0.1, 0.15) is 5.82 Å². The monoisotopic (exact) mass is 301 g/mol. The lowest BCUT2D eigenvalue weighted by Gasteiger charge is -2.24. The van der Waals surface area contributed by atoms with Gasteiger partial charge in [0.25, 0.3) is 0 Å². The predicted octanol–water partition coefficient (Wildman–Crippen LogP) is 1.81. The lowest BCUT2D eigenvalue weighted by Crippen LogP contribution is -2.39. The van der Waals surface area contributed by atoms with Gasteiger partial charge in [0.2, 0.25) is 10.0 Å². The highest BCUT2D eigenvalue weighted by atomic mass is 32.2. The van der Waals surface area contributed by atoms with E-state index in [9.17, 15) is 12.8 Å². The SMILES string of the molecule is COCCS(=O)(=O)N1CCCC1Cc1ccc(F)cc1. The average Bonchev–Trinajstić information content (AvgIpc) is 2.88. The highest BCUT2D eigenvalue weighted by Gasteiger charge is 2.33. The first-order valence-corrected chi connectivity index (χ1v) is 8.37. The molecule has 1 heterocycles. The van der Waals surface area contributed by atoms with Crippen LogP contribution in [0.25, 0.3) is 0 Å². The van der Waals surface area contributed by atoms with Crippen LogP contribution in [0, 0.1) is 5.82 Å². The molecule has 0 radical (unpaired) electrons. The summed E-state index contributed by atoms with van der Waals surface area (Å²) in [7, 11) is -1.77. The van der Waals surface area contributed by atoms with E-state index in [1.807, 2.05) is 0 Å². The quantitative estimate of drug-likeness (QED) is 0.805. The molecule has 1 aromatic carbocycles. The average molecular weight is 301 g/mol. The second-order valence-electron chi connectivity index (χ2n) is 5.05. The number of hydrogen-bond donors (Lipinski definition) is 0. The largest absolute Gasteiger partial charge is 0.384 e. The fourth-order valence-corrected chi connectivity index (χ4v) is 4.23. The van der Waals surface area contributed by atoms with Crippen LogP contribution in [0.5, 0.6) is 0 Å². The third-order valence-corrected chi connectivity index (χ3v) is 5.49. The summed E-state index contributed by atoms with van der Waals surface area (Å²) in [4.78, 5) is 0. The molecule has 1 saturated heterocycles. The number of hydrogen-bond acceptors (Lipinski definition) is 3. The second-order valence-corrected chi connectivity index (χ2v) is 7.09. The fourth-order valence-electron chi connectivity index (χ4n) is 2.58. The Kier molecular flexibility index (Phi) is 5.12. The van der Waals surface area contributed by atoms with Crippen LogP contribution in [0.15, 0.2) is 24.3 Å². The van der Waals surface area contributed by atoms with Crippen molar-refractivity contribution >= 4 is 10.0 Å². The van der Waals surface area contributed by atoms with Gasteiger partial charge < -0.3 is 4.74 Å². The standard InChI is InChI=1S/C14H20FNO3S/c1-19-9-10-20(17,18)16-8-2-3-14(16)11-12-4-6-13(15)7-5-12/h4-7,14H,2-3,8-11H2,1H3. The number of nitrogens with zero attached hydrogens (tertiary/aromatic N) is 1. The van der Waals surface area contributed by atoms with E-state index in [1.165, 1.54) is 19.2 Å². The van der Waals surface area contributed by atoms with Gasteiger partial charge in [-0.3, -0.25) is 0 Å². The third-order valence-electron chi connectivity index (χ3n) is 3.61. The Morgan fingerprint density at radius 1 is 1.35 bits per heavy atom. The molecule has 1 aromatic rings. The molecule has 1 unspecified atom stereocenters. The third kappa shape index (κ3) is 3.77. The van der Waals surface area contributed by atoms with Gasteiger partial charge in [0.05, 0.1) is 12.4 Å². The van der Waals surface area contributed by atoms with Crippen LogP contribution in [0.3, 0.4) is 0 Å². The molecule has 20 heavy (non-hydrogen) atoms. The maximum absolute atomic E-state index is 12.9. The summed E-state index contributed by atoms with van der Waals surface area (Å²) in [6.45, 7) is 0.778. The van der Waals surface area contributed by atoms with Crippen LogP contribution in [-0.4, -0.2) is 44.8 Å². The van der Waals surface area contributed by atoms with Gasteiger partial charge in [-0.2, -0.15) is 4.31 Å². The zero-order valence-corrected chi connectivity index (χ0v) is 12.4. The van der Waals surface area contributed by atoms with Crippen LogP contribution < -0.4 is 0 Å². The first kappa shape index (κ1) is 15.4. The van der Waals surface area contributed by atoms with E-state index < -0.39 is 10.0 Å². The van der Waals surface area contributed by atoms with E-state index >= 15 is 0 Å². The van der Waals surface area contributed by atoms with Crippen molar-refractivity contribution in [2.45, 2.75) is 25.3 Å². The molecule has 0 saturated carbocycles. The lowest BCUT2D eigenvalue weighted by molar-refractivity contribution is 0.215. The fraction of sp³-hybridized carbons (Fsp3) is 0.571. The molecule has 1 atom stereocenters. The molecule has 0 aliphatic carbocycles. The highest BCUT2D eigenvalue weighted by molar-refractivity contribution is 7.89. The minimum atomic E-state index is -3.27.